The average Bonchev–Trinajstić information content (AvgIpc) is 3.68. The molecule has 1 saturated heterocycles. The van der Waals surface area contributed by atoms with E-state index in [1.807, 2.05) is 61.5 Å². The van der Waals surface area contributed by atoms with Crippen LogP contribution < -0.4 is 27.0 Å². The van der Waals surface area contributed by atoms with E-state index >= 15 is 0 Å². The summed E-state index contributed by atoms with van der Waals surface area (Å²) in [6.45, 7) is 3.15. The van der Waals surface area contributed by atoms with Crippen LogP contribution in [0.1, 0.15) is 98.0 Å². The molecular formula is C45H49N7O5S. The number of imidazole rings is 1. The van der Waals surface area contributed by atoms with E-state index in [1.54, 1.807) is 16.2 Å². The minimum atomic E-state index is -0.680. The first-order valence-corrected chi connectivity index (χ1v) is 21.3. The van der Waals surface area contributed by atoms with Gasteiger partial charge in [-0.25, -0.2) is 9.78 Å². The van der Waals surface area contributed by atoms with Gasteiger partial charge in [0.25, 0.3) is 5.91 Å². The number of carbonyl (C=O) groups excluding carboxylic acids is 4. The van der Waals surface area contributed by atoms with Gasteiger partial charge in [0.1, 0.15) is 10.9 Å². The fourth-order valence-corrected chi connectivity index (χ4v) is 9.50. The highest BCUT2D eigenvalue weighted by atomic mass is 32.1. The number of rotatable bonds is 14. The van der Waals surface area contributed by atoms with E-state index in [1.165, 1.54) is 11.3 Å². The van der Waals surface area contributed by atoms with Crippen LogP contribution in [0.25, 0.3) is 43.3 Å². The molecule has 2 aliphatic rings. The fraction of sp³-hybridized carbons (Fsp3) is 0.378. The second-order valence-corrected chi connectivity index (χ2v) is 16.7. The largest absolute Gasteiger partial charge is 0.381 e. The zero-order valence-electron chi connectivity index (χ0n) is 33.0. The van der Waals surface area contributed by atoms with E-state index < -0.39 is 11.9 Å². The van der Waals surface area contributed by atoms with Gasteiger partial charge in [0.05, 0.1) is 27.9 Å². The van der Waals surface area contributed by atoms with E-state index in [0.717, 1.165) is 111 Å². The molecule has 3 aromatic heterocycles. The number of aryl methyl sites for hydroxylation is 2. The highest BCUT2D eigenvalue weighted by Gasteiger charge is 2.31. The summed E-state index contributed by atoms with van der Waals surface area (Å²) in [7, 11) is 1.75. The third kappa shape index (κ3) is 8.00. The number of piperidine rings is 1. The van der Waals surface area contributed by atoms with Crippen molar-refractivity contribution in [3.05, 3.63) is 93.2 Å². The third-order valence-electron chi connectivity index (χ3n) is 11.5. The van der Waals surface area contributed by atoms with Crippen LogP contribution in [0.2, 0.25) is 0 Å². The summed E-state index contributed by atoms with van der Waals surface area (Å²) in [5, 5.41) is 14.0. The van der Waals surface area contributed by atoms with Crippen LogP contribution >= 0.6 is 11.3 Å². The fourth-order valence-electron chi connectivity index (χ4n) is 8.40. The second kappa shape index (κ2) is 17.0. The van der Waals surface area contributed by atoms with Crippen molar-refractivity contribution in [1.82, 2.24) is 30.1 Å². The number of imide groups is 1. The molecule has 0 bridgehead atoms. The van der Waals surface area contributed by atoms with Gasteiger partial charge in [-0.1, -0.05) is 68.5 Å². The minimum absolute atomic E-state index is 0.0368. The average molecular weight is 800 g/mol. The molecule has 0 radical (unpaired) electrons. The number of nitrogens with one attached hydrogen (secondary N) is 4. The highest BCUT2D eigenvalue weighted by Crippen LogP contribution is 2.41. The van der Waals surface area contributed by atoms with Crippen LogP contribution in [0.5, 0.6) is 0 Å². The zero-order valence-corrected chi connectivity index (χ0v) is 33.8. The number of fused-ring (bicyclic) bond motifs is 6. The molecule has 0 saturated carbocycles. The summed E-state index contributed by atoms with van der Waals surface area (Å²) in [5.41, 5.74) is 7.11. The summed E-state index contributed by atoms with van der Waals surface area (Å²) >= 11 is 1.51. The summed E-state index contributed by atoms with van der Waals surface area (Å²) < 4.78 is 4.23. The number of carbonyl (C=O) groups is 4. The van der Waals surface area contributed by atoms with Crippen molar-refractivity contribution in [2.75, 3.05) is 11.9 Å². The number of aromatic nitrogens is 3. The number of thiophene rings is 1. The number of anilines is 1. The predicted molar refractivity (Wildman–Crippen MR) is 229 cm³/mol. The zero-order chi connectivity index (χ0) is 40.3. The molecule has 13 heteroatoms. The smallest absolute Gasteiger partial charge is 0.329 e. The van der Waals surface area contributed by atoms with Gasteiger partial charge < -0.3 is 16.0 Å². The Kier molecular flexibility index (Phi) is 11.4. The first kappa shape index (κ1) is 39.0. The highest BCUT2D eigenvalue weighted by molar-refractivity contribution is 7.21. The minimum Gasteiger partial charge on any atom is -0.381 e. The molecule has 4 N–H and O–H groups in total. The van der Waals surface area contributed by atoms with E-state index in [-0.39, 0.29) is 35.9 Å². The maximum atomic E-state index is 13.2. The number of hydrogen-bond donors (Lipinski definition) is 4. The topological polar surface area (TPSA) is 156 Å². The van der Waals surface area contributed by atoms with Gasteiger partial charge in [-0.05, 0) is 74.1 Å². The number of para-hydroxylation sites is 1. The van der Waals surface area contributed by atoms with Crippen molar-refractivity contribution in [3.63, 3.8) is 0 Å². The molecular weight excluding hydrogens is 751 g/mol. The molecule has 0 spiro atoms. The first-order valence-electron chi connectivity index (χ1n) is 20.5. The Morgan fingerprint density at radius 2 is 1.69 bits per heavy atom. The van der Waals surface area contributed by atoms with Crippen LogP contribution in [0.4, 0.5) is 5.69 Å². The molecule has 2 atom stereocenters. The Morgan fingerprint density at radius 1 is 0.914 bits per heavy atom. The van der Waals surface area contributed by atoms with Crippen LogP contribution in [0.15, 0.2) is 71.5 Å². The Bertz CT molecular complexity index is 2610. The normalized spacial score (nSPS) is 16.9. The quantitative estimate of drug-likeness (QED) is 0.0667. The predicted octanol–water partition coefficient (Wildman–Crippen LogP) is 7.27. The summed E-state index contributed by atoms with van der Waals surface area (Å²) in [6, 6.07) is 21.6. The number of benzene rings is 3. The van der Waals surface area contributed by atoms with E-state index in [2.05, 4.69) is 33.4 Å². The van der Waals surface area contributed by atoms with Gasteiger partial charge in [0.2, 0.25) is 17.7 Å². The summed E-state index contributed by atoms with van der Waals surface area (Å²) in [5.74, 6) is -0.689. The van der Waals surface area contributed by atoms with Crippen molar-refractivity contribution >= 4 is 72.7 Å². The van der Waals surface area contributed by atoms with Gasteiger partial charge >= 0.3 is 5.69 Å². The number of nitrogens with zero attached hydrogens (tertiary/aromatic N) is 3. The van der Waals surface area contributed by atoms with Crippen LogP contribution in [-0.4, -0.2) is 50.3 Å². The molecule has 6 aromatic rings. The number of unbranched alkanes of at least 4 members (excludes halogenated alkanes) is 6. The van der Waals surface area contributed by atoms with Gasteiger partial charge in [-0.15, -0.1) is 11.3 Å². The maximum absolute atomic E-state index is 13.2. The maximum Gasteiger partial charge on any atom is 0.329 e. The Balaban J connectivity index is 0.751. The summed E-state index contributed by atoms with van der Waals surface area (Å²) in [6.07, 6.45) is 9.17. The lowest BCUT2D eigenvalue weighted by Crippen LogP contribution is -2.44. The number of amides is 4. The van der Waals surface area contributed by atoms with E-state index in [4.69, 9.17) is 4.98 Å². The van der Waals surface area contributed by atoms with Crippen molar-refractivity contribution in [2.24, 2.45) is 7.05 Å². The summed E-state index contributed by atoms with van der Waals surface area (Å²) in [4.78, 5) is 68.5. The molecule has 3 aromatic carbocycles. The van der Waals surface area contributed by atoms with Crippen molar-refractivity contribution in [2.45, 2.75) is 96.2 Å². The number of pyridine rings is 1. The van der Waals surface area contributed by atoms with Gasteiger partial charge in [0, 0.05) is 60.1 Å². The SMILES string of the molecule is C[C@@H]1CNc2c(sc3ccc4nc(-c5ccc(CNC(=O)CCCCCCCCCc6cccc7c6n(C)c(=O)n7C6CCC(=O)NC6=O)cc5)ccc4c23)C(=O)N1. The standard InChI is InChI=1S/C45H49N7O5S/c1-27-25-47-40-39-31-19-20-32(49-33(31)21-23-36(39)58-42(40)44(56)48-27)29-17-15-28(16-18-29)26-46-37(53)14-9-7-5-3-4-6-8-11-30-12-10-13-34-41(30)51(2)45(57)52(34)35-22-24-38(54)50-43(35)55/h10,12-13,15-21,23,27,35,47H,3-9,11,14,22,24-26H2,1-2H3,(H,46,53)(H,48,56)(H,50,54,55)/t27-,35?/m1/s1. The van der Waals surface area contributed by atoms with Gasteiger partial charge in [-0.2, -0.15) is 0 Å². The lowest BCUT2D eigenvalue weighted by Gasteiger charge is -2.21. The van der Waals surface area contributed by atoms with Crippen LogP contribution in [0, 0.1) is 0 Å². The lowest BCUT2D eigenvalue weighted by atomic mass is 10.0. The third-order valence-corrected chi connectivity index (χ3v) is 12.6. The molecule has 4 amide bonds. The molecule has 1 unspecified atom stereocenters. The monoisotopic (exact) mass is 799 g/mol. The molecule has 0 aliphatic carbocycles. The second-order valence-electron chi connectivity index (χ2n) is 15.7. The van der Waals surface area contributed by atoms with Gasteiger partial charge in [0.15, 0.2) is 0 Å². The van der Waals surface area contributed by atoms with Crippen molar-refractivity contribution < 1.29 is 19.2 Å². The molecule has 2 aliphatic heterocycles. The van der Waals surface area contributed by atoms with Crippen molar-refractivity contribution in [1.29, 1.82) is 0 Å². The Morgan fingerprint density at radius 3 is 2.48 bits per heavy atom. The van der Waals surface area contributed by atoms with E-state index in [9.17, 15) is 24.0 Å². The number of hydrogen-bond acceptors (Lipinski definition) is 8. The van der Waals surface area contributed by atoms with Crippen LogP contribution in [0.3, 0.4) is 0 Å². The van der Waals surface area contributed by atoms with Crippen LogP contribution in [-0.2, 0) is 34.4 Å². The molecule has 300 valence electrons. The van der Waals surface area contributed by atoms with E-state index in [0.29, 0.717) is 30.8 Å². The Hall–Kier alpha value is -5.82. The molecule has 8 rings (SSSR count). The molecule has 12 nitrogen and oxygen atoms in total. The first-order chi connectivity index (χ1) is 28.2. The molecule has 58 heavy (non-hydrogen) atoms. The Labute approximate surface area is 340 Å². The van der Waals surface area contributed by atoms with Crippen molar-refractivity contribution in [3.8, 4) is 11.3 Å². The lowest BCUT2D eigenvalue weighted by molar-refractivity contribution is -0.135. The van der Waals surface area contributed by atoms with Gasteiger partial charge in [-0.3, -0.25) is 33.6 Å². The molecule has 1 fully saturated rings. The molecule has 5 heterocycles.